The molecular formula is C23H22N2O8. The van der Waals surface area contributed by atoms with Crippen LogP contribution in [0.2, 0.25) is 0 Å². The van der Waals surface area contributed by atoms with Gasteiger partial charge in [-0.15, -0.1) is 4.73 Å². The lowest BCUT2D eigenvalue weighted by molar-refractivity contribution is -0.146. The van der Waals surface area contributed by atoms with Crippen LogP contribution >= 0.6 is 0 Å². The first-order valence-electron chi connectivity index (χ1n) is 10.2. The van der Waals surface area contributed by atoms with Crippen LogP contribution in [0.4, 0.5) is 0 Å². The third-order valence-electron chi connectivity index (χ3n) is 5.44. The average Bonchev–Trinajstić information content (AvgIpc) is 3.25. The molecule has 0 unspecified atom stereocenters. The second kappa shape index (κ2) is 8.38. The van der Waals surface area contributed by atoms with Crippen molar-refractivity contribution in [2.24, 2.45) is 0 Å². The normalized spacial score (nSPS) is 11.2. The van der Waals surface area contributed by atoms with Gasteiger partial charge in [0.2, 0.25) is 17.7 Å². The number of amides is 1. The van der Waals surface area contributed by atoms with Gasteiger partial charge in [0.15, 0.2) is 0 Å². The van der Waals surface area contributed by atoms with Crippen molar-refractivity contribution in [3.05, 3.63) is 57.1 Å². The Labute approximate surface area is 186 Å². The zero-order chi connectivity index (χ0) is 23.9. The molecule has 0 bridgehead atoms. The van der Waals surface area contributed by atoms with E-state index in [-0.39, 0.29) is 25.3 Å². The highest BCUT2D eigenvalue weighted by atomic mass is 16.7. The van der Waals surface area contributed by atoms with Gasteiger partial charge in [0.1, 0.15) is 16.9 Å². The maximum Gasteiger partial charge on any atom is 0.336 e. The van der Waals surface area contributed by atoms with Crippen LogP contribution in [0.3, 0.4) is 0 Å². The van der Waals surface area contributed by atoms with Gasteiger partial charge in [-0.1, -0.05) is 0 Å². The highest BCUT2D eigenvalue weighted by Gasteiger charge is 2.19. The molecule has 3 aromatic heterocycles. The molecule has 4 rings (SSSR count). The quantitative estimate of drug-likeness (QED) is 0.377. The number of furan rings is 1. The minimum absolute atomic E-state index is 0.150. The summed E-state index contributed by atoms with van der Waals surface area (Å²) < 4.78 is 11.8. The molecule has 0 spiro atoms. The topological polar surface area (TPSA) is 144 Å². The summed E-state index contributed by atoms with van der Waals surface area (Å²) in [7, 11) is 0. The fraction of sp³-hybridized carbons (Fsp3) is 0.261. The van der Waals surface area contributed by atoms with Gasteiger partial charge in [0.05, 0.1) is 6.42 Å². The van der Waals surface area contributed by atoms with Gasteiger partial charge < -0.3 is 29.2 Å². The number of nitrogens with one attached hydrogen (secondary N) is 1. The summed E-state index contributed by atoms with van der Waals surface area (Å²) in [4.78, 5) is 40.8. The molecule has 0 aliphatic carbocycles. The zero-order valence-electron chi connectivity index (χ0n) is 18.2. The zero-order valence-corrected chi connectivity index (χ0v) is 18.2. The highest BCUT2D eigenvalue weighted by Crippen LogP contribution is 2.34. The number of rotatable bonds is 6. The second-order valence-corrected chi connectivity index (χ2v) is 7.72. The number of carbonyl (C=O) groups is 2. The van der Waals surface area contributed by atoms with E-state index in [1.165, 1.54) is 6.07 Å². The van der Waals surface area contributed by atoms with E-state index >= 15 is 0 Å². The molecule has 0 aliphatic heterocycles. The molecule has 0 saturated heterocycles. The Morgan fingerprint density at radius 2 is 1.67 bits per heavy atom. The van der Waals surface area contributed by atoms with Gasteiger partial charge in [-0.25, -0.2) is 9.59 Å². The van der Waals surface area contributed by atoms with Gasteiger partial charge >= 0.3 is 11.6 Å². The van der Waals surface area contributed by atoms with Gasteiger partial charge in [-0.2, -0.15) is 0 Å². The molecule has 3 heterocycles. The summed E-state index contributed by atoms with van der Waals surface area (Å²) in [5.41, 5.74) is 2.86. The number of hydrogen-bond donors (Lipinski definition) is 3. The number of fused-ring (bicyclic) bond motifs is 2. The van der Waals surface area contributed by atoms with Crippen LogP contribution in [-0.4, -0.2) is 26.8 Å². The van der Waals surface area contributed by atoms with E-state index in [0.29, 0.717) is 27.2 Å². The SMILES string of the molecule is Cc1oc2c(C)c3oc(=O)cc(C)c3cc2c1CNC(=O)CCC(=O)On1c(O)ccc1O. The Balaban J connectivity index is 1.47. The minimum atomic E-state index is -0.795. The largest absolute Gasteiger partial charge is 0.492 e. The summed E-state index contributed by atoms with van der Waals surface area (Å²) in [6.45, 7) is 5.59. The molecule has 3 N–H and O–H groups in total. The number of benzene rings is 1. The monoisotopic (exact) mass is 454 g/mol. The molecule has 172 valence electrons. The molecule has 0 atom stereocenters. The maximum atomic E-state index is 12.3. The number of aromatic hydroxyl groups is 2. The van der Waals surface area contributed by atoms with Crippen molar-refractivity contribution >= 4 is 33.8 Å². The van der Waals surface area contributed by atoms with Crippen molar-refractivity contribution in [1.82, 2.24) is 10.0 Å². The molecule has 0 radical (unpaired) electrons. The lowest BCUT2D eigenvalue weighted by Gasteiger charge is -2.08. The number of nitrogens with zero attached hydrogens (tertiary/aromatic N) is 1. The predicted molar refractivity (Wildman–Crippen MR) is 117 cm³/mol. The van der Waals surface area contributed by atoms with Gasteiger partial charge in [0.25, 0.3) is 0 Å². The lowest BCUT2D eigenvalue weighted by atomic mass is 10.0. The standard InChI is InChI=1S/C23H22N2O8/c1-11-8-21(30)32-22-12(2)23-15(9-14(11)22)16(13(3)31-23)10-24-17(26)4-7-20(29)33-25-18(27)5-6-19(25)28/h5-6,8-9,27-28H,4,7,10H2,1-3H3,(H,24,26). The van der Waals surface area contributed by atoms with E-state index in [0.717, 1.165) is 34.0 Å². The maximum absolute atomic E-state index is 12.3. The van der Waals surface area contributed by atoms with Crippen LogP contribution in [0.15, 0.2) is 37.9 Å². The third kappa shape index (κ3) is 4.14. The van der Waals surface area contributed by atoms with Crippen molar-refractivity contribution in [2.75, 3.05) is 0 Å². The molecular weight excluding hydrogens is 432 g/mol. The number of hydrogen-bond acceptors (Lipinski definition) is 8. The Morgan fingerprint density at radius 1 is 1.00 bits per heavy atom. The number of carbonyl (C=O) groups excluding carboxylic acids is 2. The molecule has 33 heavy (non-hydrogen) atoms. The van der Waals surface area contributed by atoms with E-state index in [4.69, 9.17) is 13.7 Å². The first-order chi connectivity index (χ1) is 15.7. The summed E-state index contributed by atoms with van der Waals surface area (Å²) in [6, 6.07) is 5.62. The molecule has 4 aromatic rings. The lowest BCUT2D eigenvalue weighted by Crippen LogP contribution is -2.25. The van der Waals surface area contributed by atoms with E-state index in [1.54, 1.807) is 6.92 Å². The van der Waals surface area contributed by atoms with E-state index in [2.05, 4.69) is 5.32 Å². The Bertz CT molecular complexity index is 1440. The van der Waals surface area contributed by atoms with Gasteiger partial charge in [0, 0.05) is 53.1 Å². The van der Waals surface area contributed by atoms with Crippen LogP contribution in [-0.2, 0) is 16.1 Å². The van der Waals surface area contributed by atoms with Crippen molar-refractivity contribution in [3.8, 4) is 11.8 Å². The van der Waals surface area contributed by atoms with E-state index in [1.807, 2.05) is 19.9 Å². The van der Waals surface area contributed by atoms with E-state index < -0.39 is 23.4 Å². The van der Waals surface area contributed by atoms with Crippen LogP contribution in [0, 0.1) is 20.8 Å². The highest BCUT2D eigenvalue weighted by molar-refractivity contribution is 6.00. The Morgan fingerprint density at radius 3 is 2.36 bits per heavy atom. The summed E-state index contributed by atoms with van der Waals surface area (Å²) in [5, 5.41) is 23.3. The smallest absolute Gasteiger partial charge is 0.336 e. The van der Waals surface area contributed by atoms with Crippen molar-refractivity contribution < 1.29 is 33.5 Å². The van der Waals surface area contributed by atoms with Crippen LogP contribution in [0.1, 0.15) is 35.3 Å². The average molecular weight is 454 g/mol. The third-order valence-corrected chi connectivity index (χ3v) is 5.44. The van der Waals surface area contributed by atoms with Crippen molar-refractivity contribution in [3.63, 3.8) is 0 Å². The second-order valence-electron chi connectivity index (χ2n) is 7.72. The summed E-state index contributed by atoms with van der Waals surface area (Å²) in [5.74, 6) is -1.45. The van der Waals surface area contributed by atoms with Crippen LogP contribution < -0.4 is 15.8 Å². The molecule has 0 aliphatic rings. The van der Waals surface area contributed by atoms with Crippen molar-refractivity contribution in [2.45, 2.75) is 40.2 Å². The summed E-state index contributed by atoms with van der Waals surface area (Å²) >= 11 is 0. The van der Waals surface area contributed by atoms with E-state index in [9.17, 15) is 24.6 Å². The molecule has 0 saturated carbocycles. The Kier molecular flexibility index (Phi) is 5.59. The first kappa shape index (κ1) is 22.0. The molecule has 1 amide bonds. The predicted octanol–water partition coefficient (Wildman–Crippen LogP) is 2.73. The number of aromatic nitrogens is 1. The summed E-state index contributed by atoms with van der Waals surface area (Å²) in [6.07, 6.45) is -0.404. The van der Waals surface area contributed by atoms with Crippen LogP contribution in [0.25, 0.3) is 21.9 Å². The Hall–Kier alpha value is -4.21. The fourth-order valence-electron chi connectivity index (χ4n) is 3.71. The number of aryl methyl sites for hydroxylation is 3. The van der Waals surface area contributed by atoms with Crippen molar-refractivity contribution in [1.29, 1.82) is 0 Å². The minimum Gasteiger partial charge on any atom is -0.492 e. The van der Waals surface area contributed by atoms with Gasteiger partial charge in [-0.05, 0) is 32.4 Å². The fourth-order valence-corrected chi connectivity index (χ4v) is 3.71. The molecule has 0 fully saturated rings. The molecule has 10 nitrogen and oxygen atoms in total. The first-order valence-corrected chi connectivity index (χ1v) is 10.2. The van der Waals surface area contributed by atoms with Crippen LogP contribution in [0.5, 0.6) is 11.8 Å². The van der Waals surface area contributed by atoms with Gasteiger partial charge in [-0.3, -0.25) is 4.79 Å². The molecule has 10 heteroatoms. The molecule has 1 aromatic carbocycles.